The summed E-state index contributed by atoms with van der Waals surface area (Å²) in [5, 5.41) is 0. The van der Waals surface area contributed by atoms with E-state index in [1.807, 2.05) is 24.3 Å². The van der Waals surface area contributed by atoms with E-state index in [4.69, 9.17) is 4.74 Å². The molecule has 170 valence electrons. The fraction of sp³-hybridized carbons (Fsp3) is 0.250. The van der Waals surface area contributed by atoms with Gasteiger partial charge in [-0.15, -0.1) is 12.4 Å². The van der Waals surface area contributed by atoms with E-state index in [9.17, 15) is 8.42 Å². The molecule has 1 aliphatic heterocycles. The molecule has 0 saturated carbocycles. The van der Waals surface area contributed by atoms with Crippen molar-refractivity contribution in [2.75, 3.05) is 19.6 Å². The van der Waals surface area contributed by atoms with Gasteiger partial charge in [-0.05, 0) is 79.0 Å². The second-order valence-electron chi connectivity index (χ2n) is 7.57. The average molecular weight is 538 g/mol. The van der Waals surface area contributed by atoms with Gasteiger partial charge in [0.15, 0.2) is 0 Å². The Hall–Kier alpha value is -1.90. The van der Waals surface area contributed by atoms with Crippen LogP contribution in [-0.4, -0.2) is 33.0 Å². The first-order chi connectivity index (χ1) is 15.0. The molecule has 5 nitrogen and oxygen atoms in total. The number of hydrogen-bond acceptors (Lipinski definition) is 4. The van der Waals surface area contributed by atoms with E-state index >= 15 is 0 Å². The third-order valence-corrected chi connectivity index (χ3v) is 7.34. The molecule has 0 unspecified atom stereocenters. The van der Waals surface area contributed by atoms with Crippen molar-refractivity contribution >= 4 is 38.4 Å². The van der Waals surface area contributed by atoms with Crippen molar-refractivity contribution in [2.45, 2.75) is 24.3 Å². The van der Waals surface area contributed by atoms with Crippen LogP contribution < -0.4 is 9.46 Å². The molecule has 1 N–H and O–H groups in total. The van der Waals surface area contributed by atoms with Gasteiger partial charge in [-0.2, -0.15) is 0 Å². The predicted octanol–water partition coefficient (Wildman–Crippen LogP) is 5.39. The number of rotatable bonds is 8. The highest BCUT2D eigenvalue weighted by Crippen LogP contribution is 2.24. The van der Waals surface area contributed by atoms with Gasteiger partial charge in [-0.25, -0.2) is 13.1 Å². The second kappa shape index (κ2) is 11.3. The molecule has 3 aromatic carbocycles. The Morgan fingerprint density at radius 2 is 1.53 bits per heavy atom. The van der Waals surface area contributed by atoms with Crippen molar-refractivity contribution in [3.8, 4) is 11.5 Å². The van der Waals surface area contributed by atoms with E-state index in [0.717, 1.165) is 36.9 Å². The van der Waals surface area contributed by atoms with Crippen molar-refractivity contribution in [1.29, 1.82) is 0 Å². The molecule has 0 aromatic heterocycles. The van der Waals surface area contributed by atoms with Crippen molar-refractivity contribution in [3.05, 3.63) is 88.4 Å². The van der Waals surface area contributed by atoms with Gasteiger partial charge in [0, 0.05) is 24.1 Å². The first-order valence-corrected chi connectivity index (χ1v) is 12.6. The van der Waals surface area contributed by atoms with Crippen molar-refractivity contribution in [3.63, 3.8) is 0 Å². The highest BCUT2D eigenvalue weighted by atomic mass is 79.9. The Morgan fingerprint density at radius 1 is 0.906 bits per heavy atom. The maximum atomic E-state index is 12.6. The van der Waals surface area contributed by atoms with E-state index in [0.29, 0.717) is 18.0 Å². The van der Waals surface area contributed by atoms with Crippen LogP contribution in [0.3, 0.4) is 0 Å². The van der Waals surface area contributed by atoms with Crippen LogP contribution in [0.5, 0.6) is 11.5 Å². The lowest BCUT2D eigenvalue weighted by Gasteiger charge is -2.28. The van der Waals surface area contributed by atoms with Crippen LogP contribution in [0.2, 0.25) is 0 Å². The summed E-state index contributed by atoms with van der Waals surface area (Å²) in [6.07, 6.45) is 1.82. The molecule has 0 radical (unpaired) electrons. The summed E-state index contributed by atoms with van der Waals surface area (Å²) in [6.45, 7) is 3.24. The minimum atomic E-state index is -3.54. The zero-order valence-electron chi connectivity index (χ0n) is 17.5. The Bertz CT molecular complexity index is 1120. The predicted molar refractivity (Wildman–Crippen MR) is 133 cm³/mol. The number of nitrogens with one attached hydrogen (secondary N) is 1. The molecule has 8 heteroatoms. The van der Waals surface area contributed by atoms with E-state index in [1.165, 1.54) is 11.1 Å². The normalized spacial score (nSPS) is 13.8. The first kappa shape index (κ1) is 24.7. The van der Waals surface area contributed by atoms with Gasteiger partial charge < -0.3 is 4.74 Å². The monoisotopic (exact) mass is 536 g/mol. The summed E-state index contributed by atoms with van der Waals surface area (Å²) in [4.78, 5) is 2.62. The van der Waals surface area contributed by atoms with E-state index in [1.54, 1.807) is 24.3 Å². The topological polar surface area (TPSA) is 58.6 Å². The van der Waals surface area contributed by atoms with Gasteiger partial charge in [0.05, 0.1) is 4.90 Å². The number of sulfonamides is 1. The quantitative estimate of drug-likeness (QED) is 0.392. The lowest BCUT2D eigenvalue weighted by atomic mass is 10.00. The van der Waals surface area contributed by atoms with Gasteiger partial charge >= 0.3 is 0 Å². The van der Waals surface area contributed by atoms with Crippen molar-refractivity contribution < 1.29 is 13.2 Å². The summed E-state index contributed by atoms with van der Waals surface area (Å²) in [5.74, 6) is 1.28. The molecule has 0 amide bonds. The molecule has 0 aliphatic carbocycles. The molecule has 1 heterocycles. The molecule has 0 saturated heterocycles. The zero-order valence-corrected chi connectivity index (χ0v) is 20.8. The van der Waals surface area contributed by atoms with Crippen LogP contribution in [0.4, 0.5) is 0 Å². The third-order valence-electron chi connectivity index (χ3n) is 5.34. The lowest BCUT2D eigenvalue weighted by Crippen LogP contribution is -2.33. The van der Waals surface area contributed by atoms with Gasteiger partial charge in [-0.1, -0.05) is 40.2 Å². The van der Waals surface area contributed by atoms with Gasteiger partial charge in [0.2, 0.25) is 10.0 Å². The molecule has 0 fully saturated rings. The van der Waals surface area contributed by atoms with Crippen molar-refractivity contribution in [2.24, 2.45) is 0 Å². The smallest absolute Gasteiger partial charge is 0.240 e. The largest absolute Gasteiger partial charge is 0.457 e. The molecule has 0 bridgehead atoms. The van der Waals surface area contributed by atoms with Crippen LogP contribution >= 0.6 is 28.3 Å². The maximum absolute atomic E-state index is 12.6. The van der Waals surface area contributed by atoms with Crippen LogP contribution in [0.15, 0.2) is 82.2 Å². The van der Waals surface area contributed by atoms with Crippen LogP contribution in [0.1, 0.15) is 17.5 Å². The number of ether oxygens (including phenoxy) is 1. The van der Waals surface area contributed by atoms with Gasteiger partial charge in [0.25, 0.3) is 0 Å². The van der Waals surface area contributed by atoms with Crippen LogP contribution in [-0.2, 0) is 23.0 Å². The molecule has 4 rings (SSSR count). The van der Waals surface area contributed by atoms with E-state index in [2.05, 4.69) is 49.8 Å². The minimum Gasteiger partial charge on any atom is -0.457 e. The van der Waals surface area contributed by atoms with Crippen LogP contribution in [0, 0.1) is 0 Å². The zero-order chi connectivity index (χ0) is 21.7. The van der Waals surface area contributed by atoms with E-state index in [-0.39, 0.29) is 17.3 Å². The lowest BCUT2D eigenvalue weighted by molar-refractivity contribution is 0.251. The van der Waals surface area contributed by atoms with Gasteiger partial charge in [0.1, 0.15) is 11.5 Å². The van der Waals surface area contributed by atoms with Gasteiger partial charge in [-0.3, -0.25) is 4.90 Å². The summed E-state index contributed by atoms with van der Waals surface area (Å²) < 4.78 is 34.6. The standard InChI is InChI=1S/C24H25BrN2O3S.ClH/c25-21-6-8-22(9-7-21)30-23-10-12-24(13-11-23)31(28,29)26-15-3-16-27-17-14-19-4-1-2-5-20(19)18-27;/h1-2,4-13,26H,3,14-18H2;1H. The highest BCUT2D eigenvalue weighted by Gasteiger charge is 2.16. The minimum absolute atomic E-state index is 0. The Labute approximate surface area is 204 Å². The molecular weight excluding hydrogens is 512 g/mol. The number of nitrogens with zero attached hydrogens (tertiary/aromatic N) is 1. The third kappa shape index (κ3) is 6.56. The SMILES string of the molecule is Cl.O=S(=O)(NCCCN1CCc2ccccc2C1)c1ccc(Oc2ccc(Br)cc2)cc1. The highest BCUT2D eigenvalue weighted by molar-refractivity contribution is 9.10. The Morgan fingerprint density at radius 3 is 2.22 bits per heavy atom. The van der Waals surface area contributed by atoms with Crippen molar-refractivity contribution in [1.82, 2.24) is 9.62 Å². The van der Waals surface area contributed by atoms with E-state index < -0.39 is 10.0 Å². The number of hydrogen-bond donors (Lipinski definition) is 1. The molecule has 0 spiro atoms. The Kier molecular flexibility index (Phi) is 8.73. The number of halogens is 2. The first-order valence-electron chi connectivity index (χ1n) is 10.3. The number of fused-ring (bicyclic) bond motifs is 1. The molecule has 3 aromatic rings. The summed E-state index contributed by atoms with van der Waals surface area (Å²) in [5.41, 5.74) is 2.80. The summed E-state index contributed by atoms with van der Waals surface area (Å²) in [6, 6.07) is 22.5. The average Bonchev–Trinajstić information content (AvgIpc) is 2.78. The van der Waals surface area contributed by atoms with Crippen LogP contribution in [0.25, 0.3) is 0 Å². The maximum Gasteiger partial charge on any atom is 0.240 e. The summed E-state index contributed by atoms with van der Waals surface area (Å²) >= 11 is 3.39. The summed E-state index contributed by atoms with van der Waals surface area (Å²) in [7, 11) is -3.54. The Balaban J connectivity index is 0.00000289. The fourth-order valence-corrected chi connectivity index (χ4v) is 5.00. The molecule has 1 aliphatic rings. The fourth-order valence-electron chi connectivity index (χ4n) is 3.66. The second-order valence-corrected chi connectivity index (χ2v) is 10.3. The molecular formula is C24H26BrClN2O3S. The molecule has 32 heavy (non-hydrogen) atoms. The molecule has 0 atom stereocenters. The number of benzene rings is 3.